The Labute approximate surface area is 84.3 Å². The van der Waals surface area contributed by atoms with Gasteiger partial charge in [-0.3, -0.25) is 4.79 Å². The fourth-order valence-electron chi connectivity index (χ4n) is 1.10. The Hall–Kier alpha value is -1.52. The molecule has 0 spiro atoms. The van der Waals surface area contributed by atoms with Gasteiger partial charge in [-0.05, 0) is 24.6 Å². The standard InChI is InChI=1S/C10H9F3O2/c1-6(9(14)15)7-2-4-8(5-3-7)10(11,12)13/h2-6H,1H3,(H,14,15). The second-order valence-electron chi connectivity index (χ2n) is 3.18. The van der Waals surface area contributed by atoms with E-state index in [1.165, 1.54) is 19.1 Å². The zero-order valence-corrected chi connectivity index (χ0v) is 7.88. The van der Waals surface area contributed by atoms with Crippen LogP contribution in [0.15, 0.2) is 24.3 Å². The number of alkyl halides is 3. The first-order valence-electron chi connectivity index (χ1n) is 4.22. The van der Waals surface area contributed by atoms with Crippen molar-refractivity contribution in [2.45, 2.75) is 19.0 Å². The van der Waals surface area contributed by atoms with Gasteiger partial charge in [0.25, 0.3) is 0 Å². The van der Waals surface area contributed by atoms with Crippen molar-refractivity contribution in [2.24, 2.45) is 0 Å². The second-order valence-corrected chi connectivity index (χ2v) is 3.18. The van der Waals surface area contributed by atoms with Gasteiger partial charge < -0.3 is 5.11 Å². The highest BCUT2D eigenvalue weighted by atomic mass is 19.4. The van der Waals surface area contributed by atoms with Crippen molar-refractivity contribution in [2.75, 3.05) is 0 Å². The number of aliphatic carboxylic acids is 1. The van der Waals surface area contributed by atoms with Crippen LogP contribution in [0.2, 0.25) is 0 Å². The highest BCUT2D eigenvalue weighted by Gasteiger charge is 2.30. The molecule has 1 unspecified atom stereocenters. The Morgan fingerprint density at radius 3 is 2.07 bits per heavy atom. The summed E-state index contributed by atoms with van der Waals surface area (Å²) in [5.41, 5.74) is -0.417. The van der Waals surface area contributed by atoms with Crippen LogP contribution < -0.4 is 0 Å². The van der Waals surface area contributed by atoms with Crippen LogP contribution in [0.5, 0.6) is 0 Å². The number of benzene rings is 1. The Bertz CT molecular complexity index is 354. The molecule has 0 aliphatic carbocycles. The van der Waals surface area contributed by atoms with Gasteiger partial charge in [0, 0.05) is 0 Å². The van der Waals surface area contributed by atoms with Gasteiger partial charge in [-0.2, -0.15) is 13.2 Å². The molecule has 15 heavy (non-hydrogen) atoms. The molecule has 0 aromatic heterocycles. The number of hydrogen-bond acceptors (Lipinski definition) is 1. The maximum Gasteiger partial charge on any atom is 0.416 e. The molecule has 1 N–H and O–H groups in total. The van der Waals surface area contributed by atoms with E-state index in [0.29, 0.717) is 5.56 Å². The number of carboxylic acids is 1. The molecular formula is C10H9F3O2. The summed E-state index contributed by atoms with van der Waals surface area (Å²) < 4.78 is 36.5. The lowest BCUT2D eigenvalue weighted by Crippen LogP contribution is -2.09. The molecule has 1 aromatic carbocycles. The van der Waals surface area contributed by atoms with E-state index in [4.69, 9.17) is 5.11 Å². The minimum Gasteiger partial charge on any atom is -0.481 e. The summed E-state index contributed by atoms with van der Waals surface area (Å²) in [5, 5.41) is 8.64. The fraction of sp³-hybridized carbons (Fsp3) is 0.300. The van der Waals surface area contributed by atoms with E-state index in [9.17, 15) is 18.0 Å². The molecule has 82 valence electrons. The quantitative estimate of drug-likeness (QED) is 0.828. The topological polar surface area (TPSA) is 37.3 Å². The average molecular weight is 218 g/mol. The van der Waals surface area contributed by atoms with E-state index in [0.717, 1.165) is 12.1 Å². The molecule has 0 heterocycles. The Kier molecular flexibility index (Phi) is 3.02. The lowest BCUT2D eigenvalue weighted by molar-refractivity contribution is -0.138. The van der Waals surface area contributed by atoms with Crippen LogP contribution in [-0.4, -0.2) is 11.1 Å². The first kappa shape index (κ1) is 11.6. The van der Waals surface area contributed by atoms with Crippen molar-refractivity contribution < 1.29 is 23.1 Å². The van der Waals surface area contributed by atoms with Crippen LogP contribution in [0.3, 0.4) is 0 Å². The Balaban J connectivity index is 2.95. The lowest BCUT2D eigenvalue weighted by Gasteiger charge is -2.09. The second kappa shape index (κ2) is 3.92. The highest BCUT2D eigenvalue weighted by Crippen LogP contribution is 2.30. The van der Waals surface area contributed by atoms with Gasteiger partial charge in [-0.15, -0.1) is 0 Å². The molecule has 0 radical (unpaired) electrons. The average Bonchev–Trinajstić information content (AvgIpc) is 2.15. The summed E-state index contributed by atoms with van der Waals surface area (Å²) in [7, 11) is 0. The molecule has 0 bridgehead atoms. The molecule has 0 aliphatic heterocycles. The van der Waals surface area contributed by atoms with Crippen molar-refractivity contribution >= 4 is 5.97 Å². The van der Waals surface area contributed by atoms with Crippen molar-refractivity contribution in [1.82, 2.24) is 0 Å². The van der Waals surface area contributed by atoms with E-state index in [1.54, 1.807) is 0 Å². The summed E-state index contributed by atoms with van der Waals surface area (Å²) in [4.78, 5) is 10.6. The van der Waals surface area contributed by atoms with Crippen molar-refractivity contribution in [3.63, 3.8) is 0 Å². The summed E-state index contributed by atoms with van der Waals surface area (Å²) in [6.45, 7) is 1.42. The molecular weight excluding hydrogens is 209 g/mol. The number of hydrogen-bond donors (Lipinski definition) is 1. The first-order valence-corrected chi connectivity index (χ1v) is 4.22. The van der Waals surface area contributed by atoms with Crippen LogP contribution in [0.25, 0.3) is 0 Å². The van der Waals surface area contributed by atoms with Gasteiger partial charge in [-0.1, -0.05) is 12.1 Å². The normalized spacial score (nSPS) is 13.6. The van der Waals surface area contributed by atoms with Gasteiger partial charge in [0.05, 0.1) is 11.5 Å². The minimum atomic E-state index is -4.38. The molecule has 1 aromatic rings. The maximum absolute atomic E-state index is 12.2. The molecule has 5 heteroatoms. The summed E-state index contributed by atoms with van der Waals surface area (Å²) in [5.74, 6) is -1.86. The highest BCUT2D eigenvalue weighted by molar-refractivity contribution is 5.75. The number of halogens is 3. The third kappa shape index (κ3) is 2.71. The zero-order chi connectivity index (χ0) is 11.6. The third-order valence-electron chi connectivity index (χ3n) is 2.11. The van der Waals surface area contributed by atoms with Crippen molar-refractivity contribution in [1.29, 1.82) is 0 Å². The minimum absolute atomic E-state index is 0.357. The molecule has 0 aliphatic rings. The Morgan fingerprint density at radius 2 is 1.73 bits per heavy atom. The molecule has 1 atom stereocenters. The van der Waals surface area contributed by atoms with Crippen LogP contribution in [-0.2, 0) is 11.0 Å². The number of carboxylic acid groups (broad SMARTS) is 1. The fourth-order valence-corrected chi connectivity index (χ4v) is 1.10. The predicted octanol–water partition coefficient (Wildman–Crippen LogP) is 2.89. The lowest BCUT2D eigenvalue weighted by atomic mass is 10.00. The zero-order valence-electron chi connectivity index (χ0n) is 7.88. The van der Waals surface area contributed by atoms with Crippen LogP contribution >= 0.6 is 0 Å². The Morgan fingerprint density at radius 1 is 1.27 bits per heavy atom. The van der Waals surface area contributed by atoms with E-state index >= 15 is 0 Å². The molecule has 1 rings (SSSR count). The van der Waals surface area contributed by atoms with Gasteiger partial charge in [0.1, 0.15) is 0 Å². The van der Waals surface area contributed by atoms with E-state index < -0.39 is 23.6 Å². The molecule has 0 fully saturated rings. The van der Waals surface area contributed by atoms with Crippen LogP contribution in [0.4, 0.5) is 13.2 Å². The van der Waals surface area contributed by atoms with Gasteiger partial charge >= 0.3 is 12.1 Å². The van der Waals surface area contributed by atoms with Crippen molar-refractivity contribution in [3.8, 4) is 0 Å². The molecule has 0 amide bonds. The summed E-state index contributed by atoms with van der Waals surface area (Å²) >= 11 is 0. The van der Waals surface area contributed by atoms with Crippen LogP contribution in [0, 0.1) is 0 Å². The monoisotopic (exact) mass is 218 g/mol. The SMILES string of the molecule is CC(C(=O)O)c1ccc(C(F)(F)F)cc1. The van der Waals surface area contributed by atoms with E-state index in [1.807, 2.05) is 0 Å². The molecule has 2 nitrogen and oxygen atoms in total. The first-order chi connectivity index (χ1) is 6.82. The maximum atomic E-state index is 12.2. The largest absolute Gasteiger partial charge is 0.481 e. The third-order valence-corrected chi connectivity index (χ3v) is 2.11. The number of carbonyl (C=O) groups is 1. The summed E-state index contributed by atoms with van der Waals surface area (Å²) in [6, 6.07) is 4.13. The van der Waals surface area contributed by atoms with Crippen molar-refractivity contribution in [3.05, 3.63) is 35.4 Å². The van der Waals surface area contributed by atoms with Gasteiger partial charge in [0.2, 0.25) is 0 Å². The van der Waals surface area contributed by atoms with Crippen LogP contribution in [0.1, 0.15) is 24.0 Å². The van der Waals surface area contributed by atoms with E-state index in [-0.39, 0.29) is 0 Å². The van der Waals surface area contributed by atoms with Gasteiger partial charge in [-0.25, -0.2) is 0 Å². The molecule has 0 saturated heterocycles. The van der Waals surface area contributed by atoms with E-state index in [2.05, 4.69) is 0 Å². The summed E-state index contributed by atoms with van der Waals surface area (Å²) in [6.07, 6.45) is -4.38. The predicted molar refractivity (Wildman–Crippen MR) is 47.5 cm³/mol. The number of rotatable bonds is 2. The smallest absolute Gasteiger partial charge is 0.416 e. The van der Waals surface area contributed by atoms with Gasteiger partial charge in [0.15, 0.2) is 0 Å². The molecule has 0 saturated carbocycles.